The topological polar surface area (TPSA) is 73.8 Å². The summed E-state index contributed by atoms with van der Waals surface area (Å²) in [6.07, 6.45) is 1.58. The number of halogens is 1. The van der Waals surface area contributed by atoms with Crippen LogP contribution >= 0.6 is 15.9 Å². The second-order valence-electron chi connectivity index (χ2n) is 6.17. The Labute approximate surface area is 174 Å². The van der Waals surface area contributed by atoms with Crippen molar-refractivity contribution < 1.29 is 9.59 Å². The fraction of sp³-hybridized carbons (Fsp3) is 0.286. The summed E-state index contributed by atoms with van der Waals surface area (Å²) >= 11 is 3.33. The van der Waals surface area contributed by atoms with Crippen molar-refractivity contribution in [1.82, 2.24) is 10.7 Å². The summed E-state index contributed by atoms with van der Waals surface area (Å²) in [6.45, 7) is 7.74. The molecule has 0 spiro atoms. The predicted molar refractivity (Wildman–Crippen MR) is 117 cm³/mol. The molecule has 0 aliphatic carbocycles. The minimum atomic E-state index is -0.721. The van der Waals surface area contributed by atoms with Gasteiger partial charge < -0.3 is 10.2 Å². The first-order valence-corrected chi connectivity index (χ1v) is 9.98. The van der Waals surface area contributed by atoms with E-state index in [-0.39, 0.29) is 5.91 Å². The Morgan fingerprint density at radius 3 is 2.36 bits per heavy atom. The summed E-state index contributed by atoms with van der Waals surface area (Å²) < 4.78 is 0.672. The summed E-state index contributed by atoms with van der Waals surface area (Å²) in [6, 6.07) is 14.3. The fourth-order valence-corrected chi connectivity index (χ4v) is 3.08. The van der Waals surface area contributed by atoms with Crippen molar-refractivity contribution in [3.63, 3.8) is 0 Å². The molecule has 1 atom stereocenters. The molecule has 0 aliphatic heterocycles. The molecule has 0 saturated heterocycles. The van der Waals surface area contributed by atoms with E-state index in [2.05, 4.69) is 50.5 Å². The SMILES string of the molecule is CCN(CC)c1ccc(C=NNC(=O)C(C)NC(=O)c2ccccc2Br)cc1. The van der Waals surface area contributed by atoms with E-state index >= 15 is 0 Å². The van der Waals surface area contributed by atoms with Gasteiger partial charge in [-0.15, -0.1) is 0 Å². The zero-order chi connectivity index (χ0) is 20.5. The van der Waals surface area contributed by atoms with Gasteiger partial charge in [-0.1, -0.05) is 24.3 Å². The lowest BCUT2D eigenvalue weighted by molar-refractivity contribution is -0.122. The predicted octanol–water partition coefficient (Wildman–Crippen LogP) is 3.56. The second kappa shape index (κ2) is 10.6. The number of carbonyl (C=O) groups excluding carboxylic acids is 2. The van der Waals surface area contributed by atoms with Gasteiger partial charge in [0, 0.05) is 23.2 Å². The van der Waals surface area contributed by atoms with Gasteiger partial charge in [-0.05, 0) is 66.5 Å². The van der Waals surface area contributed by atoms with Crippen molar-refractivity contribution in [3.8, 4) is 0 Å². The lowest BCUT2D eigenvalue weighted by atomic mass is 10.2. The summed E-state index contributed by atoms with van der Waals surface area (Å²) in [5.41, 5.74) is 4.95. The molecule has 7 heteroatoms. The molecule has 148 valence electrons. The van der Waals surface area contributed by atoms with Gasteiger partial charge in [0.05, 0.1) is 11.8 Å². The number of rotatable bonds is 8. The smallest absolute Gasteiger partial charge is 0.262 e. The highest BCUT2D eigenvalue weighted by Gasteiger charge is 2.17. The zero-order valence-electron chi connectivity index (χ0n) is 16.3. The molecule has 2 N–H and O–H groups in total. The summed E-state index contributed by atoms with van der Waals surface area (Å²) in [5.74, 6) is -0.720. The molecular weight excluding hydrogens is 420 g/mol. The molecule has 0 heterocycles. The van der Waals surface area contributed by atoms with Crippen molar-refractivity contribution in [2.45, 2.75) is 26.8 Å². The van der Waals surface area contributed by atoms with Crippen molar-refractivity contribution >= 4 is 39.6 Å². The molecule has 1 unspecified atom stereocenters. The number of nitrogens with one attached hydrogen (secondary N) is 2. The average Bonchev–Trinajstić information content (AvgIpc) is 2.70. The fourth-order valence-electron chi connectivity index (χ4n) is 2.61. The lowest BCUT2D eigenvalue weighted by Crippen LogP contribution is -2.43. The van der Waals surface area contributed by atoms with Crippen LogP contribution in [0.2, 0.25) is 0 Å². The second-order valence-corrected chi connectivity index (χ2v) is 7.03. The van der Waals surface area contributed by atoms with E-state index in [0.717, 1.165) is 24.3 Å². The van der Waals surface area contributed by atoms with E-state index in [1.807, 2.05) is 30.3 Å². The number of benzene rings is 2. The molecule has 0 fully saturated rings. The van der Waals surface area contributed by atoms with Gasteiger partial charge in [-0.2, -0.15) is 5.10 Å². The Morgan fingerprint density at radius 1 is 1.11 bits per heavy atom. The van der Waals surface area contributed by atoms with Crippen LogP contribution in [0.1, 0.15) is 36.7 Å². The summed E-state index contributed by atoms with van der Waals surface area (Å²) in [7, 11) is 0. The van der Waals surface area contributed by atoms with Crippen LogP contribution in [-0.4, -0.2) is 37.2 Å². The van der Waals surface area contributed by atoms with E-state index in [4.69, 9.17) is 0 Å². The van der Waals surface area contributed by atoms with Crippen LogP contribution in [0.3, 0.4) is 0 Å². The Kier molecular flexibility index (Phi) is 8.19. The minimum absolute atomic E-state index is 0.328. The molecule has 2 aromatic carbocycles. The minimum Gasteiger partial charge on any atom is -0.372 e. The highest BCUT2D eigenvalue weighted by atomic mass is 79.9. The molecule has 0 radical (unpaired) electrons. The first-order valence-electron chi connectivity index (χ1n) is 9.19. The maximum absolute atomic E-state index is 12.2. The number of amides is 2. The van der Waals surface area contributed by atoms with Crippen LogP contribution in [0.5, 0.6) is 0 Å². The van der Waals surface area contributed by atoms with E-state index in [0.29, 0.717) is 10.0 Å². The Balaban J connectivity index is 1.88. The third kappa shape index (κ3) is 5.92. The van der Waals surface area contributed by atoms with E-state index in [1.165, 1.54) is 0 Å². The maximum Gasteiger partial charge on any atom is 0.262 e. The van der Waals surface area contributed by atoms with Crippen LogP contribution in [0, 0.1) is 0 Å². The third-order valence-electron chi connectivity index (χ3n) is 4.27. The van der Waals surface area contributed by atoms with Crippen molar-refractivity contribution in [2.24, 2.45) is 5.10 Å². The molecular formula is C21H25BrN4O2. The van der Waals surface area contributed by atoms with Crippen molar-refractivity contribution in [2.75, 3.05) is 18.0 Å². The van der Waals surface area contributed by atoms with Crippen LogP contribution in [0.4, 0.5) is 5.69 Å². The number of hydrogen-bond acceptors (Lipinski definition) is 4. The lowest BCUT2D eigenvalue weighted by Gasteiger charge is -2.20. The molecule has 2 aromatic rings. The van der Waals surface area contributed by atoms with Crippen molar-refractivity contribution in [1.29, 1.82) is 0 Å². The van der Waals surface area contributed by atoms with Gasteiger partial charge in [-0.3, -0.25) is 9.59 Å². The van der Waals surface area contributed by atoms with E-state index in [9.17, 15) is 9.59 Å². The van der Waals surface area contributed by atoms with Gasteiger partial charge >= 0.3 is 0 Å². The summed E-state index contributed by atoms with van der Waals surface area (Å²) in [5, 5.41) is 6.63. The molecule has 0 aromatic heterocycles. The number of hydrogen-bond donors (Lipinski definition) is 2. The number of hydrazone groups is 1. The van der Waals surface area contributed by atoms with Crippen LogP contribution in [0.25, 0.3) is 0 Å². The van der Waals surface area contributed by atoms with E-state index < -0.39 is 11.9 Å². The van der Waals surface area contributed by atoms with Crippen LogP contribution in [-0.2, 0) is 4.79 Å². The number of carbonyl (C=O) groups is 2. The maximum atomic E-state index is 12.2. The third-order valence-corrected chi connectivity index (χ3v) is 4.96. The summed E-state index contributed by atoms with van der Waals surface area (Å²) in [4.78, 5) is 26.6. The van der Waals surface area contributed by atoms with E-state index in [1.54, 1.807) is 31.3 Å². The monoisotopic (exact) mass is 444 g/mol. The number of anilines is 1. The molecule has 0 bridgehead atoms. The molecule has 2 amide bonds. The first kappa shape index (κ1) is 21.6. The first-order chi connectivity index (χ1) is 13.5. The van der Waals surface area contributed by atoms with Gasteiger partial charge in [0.15, 0.2) is 0 Å². The molecule has 6 nitrogen and oxygen atoms in total. The normalized spacial score (nSPS) is 11.9. The highest BCUT2D eigenvalue weighted by Crippen LogP contribution is 2.16. The Morgan fingerprint density at radius 2 is 1.75 bits per heavy atom. The van der Waals surface area contributed by atoms with Gasteiger partial charge in [-0.25, -0.2) is 5.43 Å². The highest BCUT2D eigenvalue weighted by molar-refractivity contribution is 9.10. The quantitative estimate of drug-likeness (QED) is 0.482. The molecule has 0 saturated carbocycles. The Bertz CT molecular complexity index is 833. The Hall–Kier alpha value is -2.67. The average molecular weight is 445 g/mol. The van der Waals surface area contributed by atoms with Crippen LogP contribution < -0.4 is 15.6 Å². The van der Waals surface area contributed by atoms with Crippen LogP contribution in [0.15, 0.2) is 58.1 Å². The molecule has 2 rings (SSSR count). The largest absolute Gasteiger partial charge is 0.372 e. The van der Waals surface area contributed by atoms with Crippen molar-refractivity contribution in [3.05, 3.63) is 64.1 Å². The van der Waals surface area contributed by atoms with Gasteiger partial charge in [0.2, 0.25) is 0 Å². The van der Waals surface area contributed by atoms with Gasteiger partial charge in [0.1, 0.15) is 6.04 Å². The zero-order valence-corrected chi connectivity index (χ0v) is 17.9. The molecule has 0 aliphatic rings. The van der Waals surface area contributed by atoms with Gasteiger partial charge in [0.25, 0.3) is 11.8 Å². The number of nitrogens with zero attached hydrogens (tertiary/aromatic N) is 2. The standard InChI is InChI=1S/C21H25BrN4O2/c1-4-26(5-2)17-12-10-16(11-13-17)14-23-25-20(27)15(3)24-21(28)18-8-6-7-9-19(18)22/h6-15H,4-5H2,1-3H3,(H,24,28)(H,25,27). The molecule has 28 heavy (non-hydrogen) atoms.